The molecule has 17 heavy (non-hydrogen) atoms. The number of aryl methyl sites for hydroxylation is 1. The highest BCUT2D eigenvalue weighted by Gasteiger charge is 2.18. The molecule has 5 heteroatoms. The molecule has 0 saturated carbocycles. The van der Waals surface area contributed by atoms with Crippen molar-refractivity contribution in [2.45, 2.75) is 32.9 Å². The number of rotatable bonds is 6. The average molecular weight is 238 g/mol. The summed E-state index contributed by atoms with van der Waals surface area (Å²) in [6.45, 7) is 4.21. The van der Waals surface area contributed by atoms with Crippen molar-refractivity contribution in [3.05, 3.63) is 23.5 Å². The second-order valence-electron chi connectivity index (χ2n) is 3.78. The number of hydrogen-bond acceptors (Lipinski definition) is 4. The van der Waals surface area contributed by atoms with E-state index in [1.165, 1.54) is 0 Å². The lowest BCUT2D eigenvalue weighted by molar-refractivity contribution is -0.145. The Bertz CT molecular complexity index is 393. The predicted octanol–water partition coefficient (Wildman–Crippen LogP) is 1.35. The van der Waals surface area contributed by atoms with Gasteiger partial charge in [0.2, 0.25) is 0 Å². The number of carboxylic acid groups (broad SMARTS) is 1. The number of pyridine rings is 1. The number of aromatic nitrogens is 1. The van der Waals surface area contributed by atoms with Crippen LogP contribution in [-0.2, 0) is 11.3 Å². The van der Waals surface area contributed by atoms with Gasteiger partial charge in [0, 0.05) is 12.2 Å². The molecule has 1 aromatic rings. The van der Waals surface area contributed by atoms with Gasteiger partial charge in [-0.25, -0.2) is 4.79 Å². The maximum Gasteiger partial charge on any atom is 0.344 e. The first-order chi connectivity index (χ1) is 8.08. The van der Waals surface area contributed by atoms with Crippen molar-refractivity contribution < 1.29 is 14.6 Å². The van der Waals surface area contributed by atoms with Gasteiger partial charge in [0.05, 0.1) is 5.69 Å². The van der Waals surface area contributed by atoms with Crippen LogP contribution in [0.15, 0.2) is 12.1 Å². The number of ether oxygens (including phenoxy) is 1. The van der Waals surface area contributed by atoms with Gasteiger partial charge in [-0.1, -0.05) is 6.92 Å². The van der Waals surface area contributed by atoms with Crippen molar-refractivity contribution in [2.75, 3.05) is 7.05 Å². The molecular weight excluding hydrogens is 220 g/mol. The van der Waals surface area contributed by atoms with Crippen molar-refractivity contribution in [2.24, 2.45) is 0 Å². The van der Waals surface area contributed by atoms with E-state index in [0.717, 1.165) is 11.4 Å². The fraction of sp³-hybridized carbons (Fsp3) is 0.500. The molecule has 0 aromatic carbocycles. The van der Waals surface area contributed by atoms with Crippen LogP contribution in [0.5, 0.6) is 5.75 Å². The number of aliphatic carboxylic acids is 1. The monoisotopic (exact) mass is 238 g/mol. The smallest absolute Gasteiger partial charge is 0.344 e. The SMILES string of the molecule is CCC(Oc1ccc(C)nc1CNC)C(=O)O. The topological polar surface area (TPSA) is 71.5 Å². The van der Waals surface area contributed by atoms with Crippen LogP contribution in [0.4, 0.5) is 0 Å². The van der Waals surface area contributed by atoms with Gasteiger partial charge in [-0.3, -0.25) is 4.98 Å². The van der Waals surface area contributed by atoms with Gasteiger partial charge in [-0.05, 0) is 32.5 Å². The van der Waals surface area contributed by atoms with Crippen LogP contribution in [0, 0.1) is 6.92 Å². The van der Waals surface area contributed by atoms with Gasteiger partial charge < -0.3 is 15.2 Å². The summed E-state index contributed by atoms with van der Waals surface area (Å²) in [5.41, 5.74) is 1.61. The standard InChI is InChI=1S/C12H18N2O3/c1-4-10(12(15)16)17-11-6-5-8(2)14-9(11)7-13-3/h5-6,10,13H,4,7H2,1-3H3,(H,15,16). The summed E-state index contributed by atoms with van der Waals surface area (Å²) >= 11 is 0. The second kappa shape index (κ2) is 6.20. The fourth-order valence-electron chi connectivity index (χ4n) is 1.46. The van der Waals surface area contributed by atoms with E-state index >= 15 is 0 Å². The van der Waals surface area contributed by atoms with E-state index in [4.69, 9.17) is 9.84 Å². The first-order valence-electron chi connectivity index (χ1n) is 5.59. The van der Waals surface area contributed by atoms with E-state index in [0.29, 0.717) is 18.7 Å². The summed E-state index contributed by atoms with van der Waals surface area (Å²) in [5.74, 6) is -0.428. The van der Waals surface area contributed by atoms with E-state index in [1.807, 2.05) is 20.0 Å². The molecule has 1 aromatic heterocycles. The predicted molar refractivity (Wildman–Crippen MR) is 64.1 cm³/mol. The van der Waals surface area contributed by atoms with Crippen LogP contribution in [-0.4, -0.2) is 29.2 Å². The third kappa shape index (κ3) is 3.71. The molecule has 0 radical (unpaired) electrons. The van der Waals surface area contributed by atoms with Crippen LogP contribution < -0.4 is 10.1 Å². The molecule has 0 aliphatic rings. The van der Waals surface area contributed by atoms with Crippen LogP contribution in [0.25, 0.3) is 0 Å². The summed E-state index contributed by atoms with van der Waals surface area (Å²) in [4.78, 5) is 15.2. The Labute approximate surface area is 101 Å². The lowest BCUT2D eigenvalue weighted by Gasteiger charge is -2.16. The minimum Gasteiger partial charge on any atom is -0.479 e. The molecule has 1 heterocycles. The van der Waals surface area contributed by atoms with E-state index in [1.54, 1.807) is 13.0 Å². The summed E-state index contributed by atoms with van der Waals surface area (Å²) in [5, 5.41) is 11.9. The molecule has 1 unspecified atom stereocenters. The highest BCUT2D eigenvalue weighted by molar-refractivity contribution is 5.72. The van der Waals surface area contributed by atoms with Gasteiger partial charge in [0.25, 0.3) is 0 Å². The van der Waals surface area contributed by atoms with Gasteiger partial charge in [0.1, 0.15) is 5.75 Å². The van der Waals surface area contributed by atoms with Gasteiger partial charge in [0.15, 0.2) is 6.10 Å². The van der Waals surface area contributed by atoms with Crippen LogP contribution in [0.2, 0.25) is 0 Å². The summed E-state index contributed by atoms with van der Waals surface area (Å²) in [6, 6.07) is 3.57. The molecule has 94 valence electrons. The van der Waals surface area contributed by atoms with E-state index in [-0.39, 0.29) is 0 Å². The zero-order valence-electron chi connectivity index (χ0n) is 10.4. The minimum atomic E-state index is -0.955. The third-order valence-electron chi connectivity index (χ3n) is 2.33. The highest BCUT2D eigenvalue weighted by Crippen LogP contribution is 2.19. The molecule has 2 N–H and O–H groups in total. The van der Waals surface area contributed by atoms with Crippen molar-refractivity contribution in [3.8, 4) is 5.75 Å². The van der Waals surface area contributed by atoms with E-state index in [2.05, 4.69) is 10.3 Å². The van der Waals surface area contributed by atoms with Gasteiger partial charge in [-0.15, -0.1) is 0 Å². The first kappa shape index (κ1) is 13.4. The maximum absolute atomic E-state index is 10.9. The Balaban J connectivity index is 2.92. The molecule has 0 spiro atoms. The molecule has 0 aliphatic heterocycles. The molecule has 0 fully saturated rings. The maximum atomic E-state index is 10.9. The van der Waals surface area contributed by atoms with Crippen molar-refractivity contribution >= 4 is 5.97 Å². The van der Waals surface area contributed by atoms with Crippen molar-refractivity contribution in [1.82, 2.24) is 10.3 Å². The van der Waals surface area contributed by atoms with Gasteiger partial charge >= 0.3 is 5.97 Å². The Kier molecular flexibility index (Phi) is 4.90. The highest BCUT2D eigenvalue weighted by atomic mass is 16.5. The lowest BCUT2D eigenvalue weighted by Crippen LogP contribution is -2.27. The Hall–Kier alpha value is -1.62. The van der Waals surface area contributed by atoms with Crippen LogP contribution in [0.3, 0.4) is 0 Å². The minimum absolute atomic E-state index is 0.419. The Morgan fingerprint density at radius 2 is 2.29 bits per heavy atom. The zero-order valence-corrected chi connectivity index (χ0v) is 10.4. The molecular formula is C12H18N2O3. The second-order valence-corrected chi connectivity index (χ2v) is 3.78. The number of hydrogen-bond donors (Lipinski definition) is 2. The quantitative estimate of drug-likeness (QED) is 0.782. The zero-order chi connectivity index (χ0) is 12.8. The summed E-state index contributed by atoms with van der Waals surface area (Å²) in [7, 11) is 1.81. The molecule has 5 nitrogen and oxygen atoms in total. The number of carbonyl (C=O) groups is 1. The molecule has 0 amide bonds. The third-order valence-corrected chi connectivity index (χ3v) is 2.33. The number of carboxylic acids is 1. The molecule has 1 rings (SSSR count). The Morgan fingerprint density at radius 1 is 1.59 bits per heavy atom. The van der Waals surface area contributed by atoms with E-state index in [9.17, 15) is 4.79 Å². The van der Waals surface area contributed by atoms with Crippen LogP contribution >= 0.6 is 0 Å². The molecule has 1 atom stereocenters. The fourth-order valence-corrected chi connectivity index (χ4v) is 1.46. The molecule has 0 aliphatic carbocycles. The van der Waals surface area contributed by atoms with E-state index < -0.39 is 12.1 Å². The average Bonchev–Trinajstić information content (AvgIpc) is 2.28. The van der Waals surface area contributed by atoms with Gasteiger partial charge in [-0.2, -0.15) is 0 Å². The Morgan fingerprint density at radius 3 is 2.82 bits per heavy atom. The molecule has 0 bridgehead atoms. The molecule has 0 saturated heterocycles. The first-order valence-corrected chi connectivity index (χ1v) is 5.59. The van der Waals surface area contributed by atoms with Crippen molar-refractivity contribution in [3.63, 3.8) is 0 Å². The van der Waals surface area contributed by atoms with Crippen molar-refractivity contribution in [1.29, 1.82) is 0 Å². The normalized spacial score (nSPS) is 12.2. The number of nitrogens with zero attached hydrogens (tertiary/aromatic N) is 1. The summed E-state index contributed by atoms with van der Waals surface area (Å²) in [6.07, 6.45) is -0.405. The lowest BCUT2D eigenvalue weighted by atomic mass is 10.2. The number of nitrogens with one attached hydrogen (secondary N) is 1. The summed E-state index contributed by atoms with van der Waals surface area (Å²) < 4.78 is 5.46. The largest absolute Gasteiger partial charge is 0.479 e. The van der Waals surface area contributed by atoms with Crippen LogP contribution in [0.1, 0.15) is 24.7 Å².